The van der Waals surface area contributed by atoms with E-state index in [4.69, 9.17) is 9.26 Å². The van der Waals surface area contributed by atoms with Gasteiger partial charge in [0.05, 0.1) is 11.6 Å². The van der Waals surface area contributed by atoms with Crippen molar-refractivity contribution in [2.45, 2.75) is 71.6 Å². The van der Waals surface area contributed by atoms with Crippen LogP contribution in [0.1, 0.15) is 56.5 Å². The summed E-state index contributed by atoms with van der Waals surface area (Å²) >= 11 is 0. The van der Waals surface area contributed by atoms with Gasteiger partial charge in [-0.1, -0.05) is 35.5 Å². The van der Waals surface area contributed by atoms with Gasteiger partial charge < -0.3 is 29.3 Å². The highest BCUT2D eigenvalue weighted by molar-refractivity contribution is 5.85. The fourth-order valence-corrected chi connectivity index (χ4v) is 6.62. The lowest BCUT2D eigenvalue weighted by Gasteiger charge is -2.37. The van der Waals surface area contributed by atoms with Gasteiger partial charge in [-0.05, 0) is 76.6 Å². The number of nitrogens with one attached hydrogen (secondary N) is 1. The number of hydrogen-bond donors (Lipinski definition) is 1. The Bertz CT molecular complexity index is 1450. The van der Waals surface area contributed by atoms with Gasteiger partial charge in [-0.25, -0.2) is 0 Å². The summed E-state index contributed by atoms with van der Waals surface area (Å²) in [5, 5.41) is 7.38. The number of nitrogens with zero attached hydrogens (tertiary/aromatic N) is 4. The van der Waals surface area contributed by atoms with E-state index in [1.165, 1.54) is 0 Å². The second-order valence-electron chi connectivity index (χ2n) is 13.0. The molecule has 1 saturated carbocycles. The monoisotopic (exact) mass is 599 g/mol. The minimum atomic E-state index is -0.966. The van der Waals surface area contributed by atoms with Gasteiger partial charge in [-0.3, -0.25) is 9.59 Å². The molecule has 3 fully saturated rings. The van der Waals surface area contributed by atoms with Crippen LogP contribution >= 0.6 is 0 Å². The van der Waals surface area contributed by atoms with Crippen LogP contribution in [0, 0.1) is 19.8 Å². The molecule has 0 unspecified atom stereocenters. The minimum absolute atomic E-state index is 0.00607. The Morgan fingerprint density at radius 1 is 1.05 bits per heavy atom. The molecule has 1 atom stereocenters. The lowest BCUT2D eigenvalue weighted by Crippen LogP contribution is -2.54. The molecule has 3 aromatic rings. The molecule has 0 bridgehead atoms. The lowest BCUT2D eigenvalue weighted by atomic mass is 9.95. The molecule has 9 heteroatoms. The number of aromatic nitrogens is 1. The van der Waals surface area contributed by atoms with Crippen LogP contribution in [0.15, 0.2) is 53.1 Å². The first kappa shape index (κ1) is 30.2. The van der Waals surface area contributed by atoms with Gasteiger partial charge in [0.15, 0.2) is 5.60 Å². The van der Waals surface area contributed by atoms with E-state index in [0.29, 0.717) is 38.0 Å². The third kappa shape index (κ3) is 6.62. The standard InChI is InChI=1S/C35H45N5O4/c1-24-32(25(2)44-37-24)27-12-10-26(11-13-27)22-40(29-14-15-29)33(41)28-7-6-18-39(23-28)30-8-5-9-31(21-30)43-35(3,4)34(42)38-19-16-36-17-20-38/h5,8-13,21,28-29,36H,6-7,14-20,22-23H2,1-4H3/t28-/m1/s1. The average molecular weight is 600 g/mol. The first-order valence-corrected chi connectivity index (χ1v) is 16.1. The molecule has 1 aliphatic carbocycles. The number of carbonyl (C=O) groups is 2. The second-order valence-corrected chi connectivity index (χ2v) is 13.0. The number of piperidine rings is 1. The third-order valence-electron chi connectivity index (χ3n) is 9.15. The minimum Gasteiger partial charge on any atom is -0.478 e. The Morgan fingerprint density at radius 3 is 2.48 bits per heavy atom. The first-order valence-electron chi connectivity index (χ1n) is 16.1. The van der Waals surface area contributed by atoms with Gasteiger partial charge >= 0.3 is 0 Å². The molecule has 0 radical (unpaired) electrons. The lowest BCUT2D eigenvalue weighted by molar-refractivity contribution is -0.146. The SMILES string of the molecule is Cc1noc(C)c1-c1ccc(CN(C(=O)[C@@H]2CCCN(c3cccc(OC(C)(C)C(=O)N4CCNCC4)c3)C2)C2CC2)cc1. The van der Waals surface area contributed by atoms with Crippen molar-refractivity contribution in [3.63, 3.8) is 0 Å². The summed E-state index contributed by atoms with van der Waals surface area (Å²) in [6, 6.07) is 16.8. The topological polar surface area (TPSA) is 91.1 Å². The van der Waals surface area contributed by atoms with Crippen molar-refractivity contribution in [2.75, 3.05) is 44.2 Å². The highest BCUT2D eigenvalue weighted by Crippen LogP contribution is 2.34. The van der Waals surface area contributed by atoms with Gasteiger partial charge in [0.1, 0.15) is 11.5 Å². The zero-order valence-corrected chi connectivity index (χ0v) is 26.5. The number of aryl methyl sites for hydroxylation is 2. The van der Waals surface area contributed by atoms with Gasteiger partial charge in [0.2, 0.25) is 5.91 Å². The largest absolute Gasteiger partial charge is 0.478 e. The normalized spacial score (nSPS) is 19.1. The molecule has 2 amide bonds. The summed E-state index contributed by atoms with van der Waals surface area (Å²) in [5.41, 5.74) is 4.20. The summed E-state index contributed by atoms with van der Waals surface area (Å²) in [6.07, 6.45) is 3.99. The molecule has 2 aliphatic heterocycles. The number of ether oxygens (including phenoxy) is 1. The number of hydrogen-bond acceptors (Lipinski definition) is 7. The summed E-state index contributed by atoms with van der Waals surface area (Å²) < 4.78 is 11.6. The van der Waals surface area contributed by atoms with Gasteiger partial charge in [0, 0.05) is 69.2 Å². The molecule has 2 saturated heterocycles. The van der Waals surface area contributed by atoms with Crippen molar-refractivity contribution in [1.82, 2.24) is 20.3 Å². The first-order chi connectivity index (χ1) is 21.2. The Kier molecular flexibility index (Phi) is 8.67. The van der Waals surface area contributed by atoms with E-state index in [-0.39, 0.29) is 17.7 Å². The number of rotatable bonds is 9. The fourth-order valence-electron chi connectivity index (χ4n) is 6.62. The predicted molar refractivity (Wildman–Crippen MR) is 171 cm³/mol. The molecule has 2 aromatic carbocycles. The molecule has 6 rings (SSSR count). The van der Waals surface area contributed by atoms with E-state index < -0.39 is 5.60 Å². The van der Waals surface area contributed by atoms with Crippen LogP contribution in [0.25, 0.3) is 11.1 Å². The van der Waals surface area contributed by atoms with Crippen LogP contribution in [0.3, 0.4) is 0 Å². The van der Waals surface area contributed by atoms with Gasteiger partial charge in [-0.15, -0.1) is 0 Å². The Labute approximate surface area is 260 Å². The molecule has 3 heterocycles. The number of piperazine rings is 1. The van der Waals surface area contributed by atoms with Crippen molar-refractivity contribution >= 4 is 17.5 Å². The Morgan fingerprint density at radius 2 is 1.80 bits per heavy atom. The Hall–Kier alpha value is -3.85. The highest BCUT2D eigenvalue weighted by atomic mass is 16.5. The van der Waals surface area contributed by atoms with Crippen LogP contribution in [-0.4, -0.2) is 77.7 Å². The summed E-state index contributed by atoms with van der Waals surface area (Å²) in [7, 11) is 0. The Balaban J connectivity index is 1.11. The van der Waals surface area contributed by atoms with Crippen LogP contribution in [0.5, 0.6) is 5.75 Å². The van der Waals surface area contributed by atoms with Crippen molar-refractivity contribution in [1.29, 1.82) is 0 Å². The molecule has 44 heavy (non-hydrogen) atoms. The molecular formula is C35H45N5O4. The van der Waals surface area contributed by atoms with Crippen molar-refractivity contribution in [3.8, 4) is 16.9 Å². The summed E-state index contributed by atoms with van der Waals surface area (Å²) in [6.45, 7) is 12.8. The number of benzene rings is 2. The maximum Gasteiger partial charge on any atom is 0.266 e. The summed E-state index contributed by atoms with van der Waals surface area (Å²) in [5.74, 6) is 1.69. The molecular weight excluding hydrogens is 554 g/mol. The third-order valence-corrected chi connectivity index (χ3v) is 9.15. The summed E-state index contributed by atoms with van der Waals surface area (Å²) in [4.78, 5) is 33.5. The van der Waals surface area contributed by atoms with Gasteiger partial charge in [0.25, 0.3) is 5.91 Å². The highest BCUT2D eigenvalue weighted by Gasteiger charge is 2.38. The van der Waals surface area contributed by atoms with E-state index in [1.807, 2.05) is 50.8 Å². The maximum atomic E-state index is 14.0. The molecule has 1 aromatic heterocycles. The van der Waals surface area contributed by atoms with Crippen molar-refractivity contribution in [2.24, 2.45) is 5.92 Å². The number of amides is 2. The van der Waals surface area contributed by atoms with E-state index in [1.54, 1.807) is 0 Å². The number of carbonyl (C=O) groups excluding carboxylic acids is 2. The second kappa shape index (κ2) is 12.6. The zero-order valence-electron chi connectivity index (χ0n) is 26.5. The molecule has 9 nitrogen and oxygen atoms in total. The van der Waals surface area contributed by atoms with E-state index in [9.17, 15) is 9.59 Å². The average Bonchev–Trinajstić information content (AvgIpc) is 3.83. The van der Waals surface area contributed by atoms with Crippen LogP contribution in [0.2, 0.25) is 0 Å². The van der Waals surface area contributed by atoms with Crippen LogP contribution in [-0.2, 0) is 16.1 Å². The van der Waals surface area contributed by atoms with Gasteiger partial charge in [-0.2, -0.15) is 0 Å². The smallest absolute Gasteiger partial charge is 0.266 e. The molecule has 234 valence electrons. The fraction of sp³-hybridized carbons (Fsp3) is 0.514. The number of anilines is 1. The molecule has 0 spiro atoms. The van der Waals surface area contributed by atoms with E-state index >= 15 is 0 Å². The van der Waals surface area contributed by atoms with Crippen molar-refractivity contribution in [3.05, 3.63) is 65.5 Å². The quantitative estimate of drug-likeness (QED) is 0.372. The molecule has 3 aliphatic rings. The van der Waals surface area contributed by atoms with E-state index in [0.717, 1.165) is 79.1 Å². The van der Waals surface area contributed by atoms with E-state index in [2.05, 4.69) is 50.6 Å². The van der Waals surface area contributed by atoms with Crippen molar-refractivity contribution < 1.29 is 18.8 Å². The van der Waals surface area contributed by atoms with Crippen LogP contribution < -0.4 is 15.0 Å². The predicted octanol–water partition coefficient (Wildman–Crippen LogP) is 4.96. The molecule has 1 N–H and O–H groups in total. The maximum absolute atomic E-state index is 14.0. The van der Waals surface area contributed by atoms with Crippen LogP contribution in [0.4, 0.5) is 5.69 Å². The zero-order chi connectivity index (χ0) is 30.8.